The van der Waals surface area contributed by atoms with Crippen LogP contribution in [0, 0.1) is 5.41 Å². The third kappa shape index (κ3) is 3.22. The summed E-state index contributed by atoms with van der Waals surface area (Å²) in [7, 11) is 0. The van der Waals surface area contributed by atoms with Crippen LogP contribution in [0.5, 0.6) is 0 Å². The maximum Gasteiger partial charge on any atom is 0.245 e. The lowest BCUT2D eigenvalue weighted by molar-refractivity contribution is -0.131. The molecule has 0 aromatic carbocycles. The molecule has 1 amide bonds. The van der Waals surface area contributed by atoms with E-state index in [1.807, 2.05) is 0 Å². The van der Waals surface area contributed by atoms with Crippen LogP contribution in [0.1, 0.15) is 27.2 Å². The monoisotopic (exact) mass is 142 g/mol. The molecule has 0 rings (SSSR count). The Kier molecular flexibility index (Phi) is 2.57. The first-order valence-electron chi connectivity index (χ1n) is 3.12. The van der Waals surface area contributed by atoms with Crippen molar-refractivity contribution in [2.75, 3.05) is 0 Å². The van der Waals surface area contributed by atoms with E-state index in [4.69, 9.17) is 5.73 Å². The number of Topliss-reactive ketones (excluding diaryl/α,β-unsaturated/α-hetero) is 1. The molecule has 0 aliphatic carbocycles. The fourth-order valence-electron chi connectivity index (χ4n) is 0.411. The summed E-state index contributed by atoms with van der Waals surface area (Å²) in [4.78, 5) is 21.1. The van der Waals surface area contributed by atoms with Gasteiger partial charge in [0.05, 0.1) is 6.42 Å². The molecular formula is C7H12NO2. The molecule has 0 bridgehead atoms. The van der Waals surface area contributed by atoms with Crippen LogP contribution in [0.2, 0.25) is 0 Å². The zero-order chi connectivity index (χ0) is 8.36. The number of carbonyl (C=O) groups excluding carboxylic acids is 2. The summed E-state index contributed by atoms with van der Waals surface area (Å²) in [5.74, 6) is -0.979. The molecule has 0 unspecified atom stereocenters. The van der Waals surface area contributed by atoms with Crippen LogP contribution in [0.4, 0.5) is 0 Å². The van der Waals surface area contributed by atoms with E-state index in [0.717, 1.165) is 0 Å². The molecule has 10 heavy (non-hydrogen) atoms. The van der Waals surface area contributed by atoms with Crippen LogP contribution >= 0.6 is 0 Å². The van der Waals surface area contributed by atoms with Gasteiger partial charge in [0.15, 0.2) is 0 Å². The molecule has 0 aliphatic heterocycles. The summed E-state index contributed by atoms with van der Waals surface area (Å²) in [5, 5.41) is 0. The molecule has 0 spiro atoms. The van der Waals surface area contributed by atoms with Gasteiger partial charge in [0.25, 0.3) is 0 Å². The van der Waals surface area contributed by atoms with Gasteiger partial charge < -0.3 is 0 Å². The SMILES string of the molecule is CC(C)(C)C(=O)CC([NH])=O. The summed E-state index contributed by atoms with van der Waals surface area (Å²) in [6, 6.07) is 0. The number of hydrogen-bond acceptors (Lipinski definition) is 2. The second-order valence-corrected chi connectivity index (χ2v) is 3.27. The Morgan fingerprint density at radius 3 is 1.80 bits per heavy atom. The second kappa shape index (κ2) is 2.82. The van der Waals surface area contributed by atoms with Gasteiger partial charge in [-0.25, -0.2) is 0 Å². The van der Waals surface area contributed by atoms with E-state index < -0.39 is 11.3 Å². The van der Waals surface area contributed by atoms with Crippen molar-refractivity contribution in [1.82, 2.24) is 5.73 Å². The Morgan fingerprint density at radius 1 is 1.30 bits per heavy atom. The van der Waals surface area contributed by atoms with Gasteiger partial charge in [-0.2, -0.15) is 0 Å². The fraction of sp³-hybridized carbons (Fsp3) is 0.714. The first-order valence-corrected chi connectivity index (χ1v) is 3.12. The van der Waals surface area contributed by atoms with Crippen molar-refractivity contribution in [1.29, 1.82) is 0 Å². The Hall–Kier alpha value is -0.860. The van der Waals surface area contributed by atoms with Crippen molar-refractivity contribution >= 4 is 11.7 Å². The van der Waals surface area contributed by atoms with Crippen molar-refractivity contribution in [3.63, 3.8) is 0 Å². The third-order valence-corrected chi connectivity index (χ3v) is 1.16. The van der Waals surface area contributed by atoms with E-state index in [-0.39, 0.29) is 12.2 Å². The molecule has 0 aliphatic rings. The quantitative estimate of drug-likeness (QED) is 0.535. The molecule has 0 aromatic rings. The Morgan fingerprint density at radius 2 is 1.70 bits per heavy atom. The molecule has 0 atom stereocenters. The van der Waals surface area contributed by atoms with Crippen molar-refractivity contribution in [2.45, 2.75) is 27.2 Å². The predicted molar refractivity (Wildman–Crippen MR) is 37.2 cm³/mol. The number of hydrogen-bond donors (Lipinski definition) is 0. The third-order valence-electron chi connectivity index (χ3n) is 1.16. The summed E-state index contributed by atoms with van der Waals surface area (Å²) in [5.41, 5.74) is 6.04. The molecule has 57 valence electrons. The number of rotatable bonds is 2. The summed E-state index contributed by atoms with van der Waals surface area (Å²) in [6.45, 7) is 5.20. The van der Waals surface area contributed by atoms with Crippen molar-refractivity contribution in [3.05, 3.63) is 0 Å². The van der Waals surface area contributed by atoms with E-state index in [1.54, 1.807) is 20.8 Å². The van der Waals surface area contributed by atoms with E-state index in [9.17, 15) is 9.59 Å². The maximum absolute atomic E-state index is 10.9. The topological polar surface area (TPSA) is 57.9 Å². The highest BCUT2D eigenvalue weighted by atomic mass is 16.2. The first-order chi connectivity index (χ1) is 4.34. The van der Waals surface area contributed by atoms with Gasteiger partial charge in [-0.15, -0.1) is 0 Å². The van der Waals surface area contributed by atoms with Crippen molar-refractivity contribution in [3.8, 4) is 0 Å². The van der Waals surface area contributed by atoms with Crippen LogP contribution in [0.25, 0.3) is 0 Å². The standard InChI is InChI=1S/C7H12NO2/c1-7(2,3)5(9)4-6(8)10/h8H,4H2,1-3H3. The lowest BCUT2D eigenvalue weighted by Crippen LogP contribution is -2.23. The van der Waals surface area contributed by atoms with E-state index in [2.05, 4.69) is 0 Å². The highest BCUT2D eigenvalue weighted by Gasteiger charge is 2.22. The summed E-state index contributed by atoms with van der Waals surface area (Å²) < 4.78 is 0. The number of nitrogens with one attached hydrogen (secondary N) is 1. The van der Waals surface area contributed by atoms with E-state index in [1.165, 1.54) is 0 Å². The lowest BCUT2D eigenvalue weighted by Gasteiger charge is -2.14. The fourth-order valence-corrected chi connectivity index (χ4v) is 0.411. The van der Waals surface area contributed by atoms with Gasteiger partial charge in [-0.3, -0.25) is 15.3 Å². The minimum Gasteiger partial charge on any atom is -0.299 e. The average molecular weight is 142 g/mol. The first kappa shape index (κ1) is 9.14. The second-order valence-electron chi connectivity index (χ2n) is 3.27. The normalized spacial score (nSPS) is 11.1. The predicted octanol–water partition coefficient (Wildman–Crippen LogP) is 0.801. The highest BCUT2D eigenvalue weighted by molar-refractivity contribution is 5.99. The Bertz CT molecular complexity index is 155. The Balaban J connectivity index is 3.99. The minimum atomic E-state index is -0.806. The van der Waals surface area contributed by atoms with Gasteiger partial charge in [0, 0.05) is 5.41 Å². The van der Waals surface area contributed by atoms with Gasteiger partial charge in [0.2, 0.25) is 5.91 Å². The van der Waals surface area contributed by atoms with E-state index in [0.29, 0.717) is 0 Å². The molecule has 3 heteroatoms. The smallest absolute Gasteiger partial charge is 0.245 e. The molecule has 0 saturated heterocycles. The minimum absolute atomic E-state index is 0.174. The maximum atomic E-state index is 10.9. The molecule has 0 saturated carbocycles. The van der Waals surface area contributed by atoms with Crippen molar-refractivity contribution < 1.29 is 9.59 Å². The van der Waals surface area contributed by atoms with Gasteiger partial charge in [0.1, 0.15) is 5.78 Å². The van der Waals surface area contributed by atoms with Crippen LogP contribution in [0.3, 0.4) is 0 Å². The summed E-state index contributed by atoms with van der Waals surface area (Å²) >= 11 is 0. The molecular weight excluding hydrogens is 130 g/mol. The zero-order valence-corrected chi connectivity index (χ0v) is 6.52. The molecule has 0 aromatic heterocycles. The van der Waals surface area contributed by atoms with Gasteiger partial charge in [-0.05, 0) is 0 Å². The lowest BCUT2D eigenvalue weighted by atomic mass is 9.89. The van der Waals surface area contributed by atoms with E-state index >= 15 is 0 Å². The van der Waals surface area contributed by atoms with Gasteiger partial charge in [-0.1, -0.05) is 20.8 Å². The highest BCUT2D eigenvalue weighted by Crippen LogP contribution is 2.15. The largest absolute Gasteiger partial charge is 0.299 e. The Labute approximate surface area is 60.6 Å². The van der Waals surface area contributed by atoms with Crippen LogP contribution in [-0.2, 0) is 9.59 Å². The van der Waals surface area contributed by atoms with Crippen molar-refractivity contribution in [2.24, 2.45) is 5.41 Å². The zero-order valence-electron chi connectivity index (χ0n) is 6.52. The molecule has 3 nitrogen and oxygen atoms in total. The average Bonchev–Trinajstić information content (AvgIpc) is 1.60. The number of ketones is 1. The van der Waals surface area contributed by atoms with Crippen LogP contribution < -0.4 is 5.73 Å². The number of amides is 1. The molecule has 1 N–H and O–H groups in total. The van der Waals surface area contributed by atoms with Crippen LogP contribution in [0.15, 0.2) is 0 Å². The van der Waals surface area contributed by atoms with Gasteiger partial charge >= 0.3 is 0 Å². The number of carbonyl (C=O) groups is 2. The molecule has 0 heterocycles. The molecule has 1 radical (unpaired) electrons. The summed E-state index contributed by atoms with van der Waals surface area (Å²) in [6.07, 6.45) is -0.260. The van der Waals surface area contributed by atoms with Crippen LogP contribution in [-0.4, -0.2) is 11.7 Å². The molecule has 0 fully saturated rings.